The average Bonchev–Trinajstić information content (AvgIpc) is 2.74. The van der Waals surface area contributed by atoms with E-state index in [2.05, 4.69) is 15.0 Å². The molecule has 132 valence electrons. The molecule has 4 rings (SSSR count). The van der Waals surface area contributed by atoms with Gasteiger partial charge in [-0.15, -0.1) is 0 Å². The first kappa shape index (κ1) is 16.7. The maximum atomic E-state index is 10.4. The standard InChI is InChI=1S/C22H18N4O/c27-21-12-5-4-11-20(21)26(15-18-10-6-7-13-23-18)22-14-19(24-16-25-22)17-8-2-1-3-9-17/h1-14,16,27H,15H2. The fraction of sp³-hybridized carbons (Fsp3) is 0.0455. The lowest BCUT2D eigenvalue weighted by Crippen LogP contribution is -2.18. The van der Waals surface area contributed by atoms with Crippen LogP contribution in [0.4, 0.5) is 11.5 Å². The fourth-order valence-corrected chi connectivity index (χ4v) is 2.90. The van der Waals surface area contributed by atoms with E-state index in [0.29, 0.717) is 18.1 Å². The zero-order chi connectivity index (χ0) is 18.5. The molecule has 4 aromatic rings. The van der Waals surface area contributed by atoms with Crippen molar-refractivity contribution in [2.24, 2.45) is 0 Å². The highest BCUT2D eigenvalue weighted by Crippen LogP contribution is 2.34. The van der Waals surface area contributed by atoms with Crippen molar-refractivity contribution in [3.8, 4) is 17.0 Å². The molecule has 0 amide bonds. The Morgan fingerprint density at radius 3 is 2.33 bits per heavy atom. The normalized spacial score (nSPS) is 10.5. The van der Waals surface area contributed by atoms with E-state index in [1.165, 1.54) is 0 Å². The summed E-state index contributed by atoms with van der Waals surface area (Å²) < 4.78 is 0. The number of nitrogens with zero attached hydrogens (tertiary/aromatic N) is 4. The predicted octanol–water partition coefficient (Wildman–Crippen LogP) is 4.58. The Kier molecular flexibility index (Phi) is 4.74. The molecule has 0 aliphatic heterocycles. The molecule has 27 heavy (non-hydrogen) atoms. The smallest absolute Gasteiger partial charge is 0.139 e. The molecular weight excluding hydrogens is 336 g/mol. The molecule has 0 spiro atoms. The van der Waals surface area contributed by atoms with Crippen LogP contribution in [-0.4, -0.2) is 20.1 Å². The van der Waals surface area contributed by atoms with Gasteiger partial charge in [0.25, 0.3) is 0 Å². The van der Waals surface area contributed by atoms with E-state index in [0.717, 1.165) is 17.0 Å². The van der Waals surface area contributed by atoms with E-state index in [1.54, 1.807) is 24.7 Å². The molecule has 0 bridgehead atoms. The van der Waals surface area contributed by atoms with Crippen molar-refractivity contribution < 1.29 is 5.11 Å². The lowest BCUT2D eigenvalue weighted by molar-refractivity contribution is 0.475. The number of benzene rings is 2. The Morgan fingerprint density at radius 1 is 0.778 bits per heavy atom. The number of hydrogen-bond acceptors (Lipinski definition) is 5. The molecule has 2 heterocycles. The molecule has 0 saturated carbocycles. The van der Waals surface area contributed by atoms with E-state index >= 15 is 0 Å². The summed E-state index contributed by atoms with van der Waals surface area (Å²) in [6, 6.07) is 24.9. The molecule has 0 atom stereocenters. The van der Waals surface area contributed by atoms with Gasteiger partial charge in [0, 0.05) is 17.8 Å². The number of phenols is 1. The molecule has 2 aromatic carbocycles. The zero-order valence-electron chi connectivity index (χ0n) is 14.6. The van der Waals surface area contributed by atoms with E-state index in [4.69, 9.17) is 0 Å². The third-order valence-corrected chi connectivity index (χ3v) is 4.22. The van der Waals surface area contributed by atoms with Gasteiger partial charge in [0.15, 0.2) is 0 Å². The van der Waals surface area contributed by atoms with Gasteiger partial charge in [-0.25, -0.2) is 9.97 Å². The lowest BCUT2D eigenvalue weighted by Gasteiger charge is -2.24. The Bertz CT molecular complexity index is 1020. The van der Waals surface area contributed by atoms with Crippen molar-refractivity contribution in [3.05, 3.63) is 97.1 Å². The summed E-state index contributed by atoms with van der Waals surface area (Å²) in [5.74, 6) is 0.879. The monoisotopic (exact) mass is 354 g/mol. The van der Waals surface area contributed by atoms with E-state index in [1.807, 2.05) is 71.6 Å². The Balaban J connectivity index is 1.78. The molecule has 5 nitrogen and oxygen atoms in total. The molecule has 1 N–H and O–H groups in total. The minimum absolute atomic E-state index is 0.188. The van der Waals surface area contributed by atoms with Gasteiger partial charge in [-0.3, -0.25) is 4.98 Å². The first-order valence-corrected chi connectivity index (χ1v) is 8.64. The van der Waals surface area contributed by atoms with Crippen molar-refractivity contribution in [1.29, 1.82) is 0 Å². The quantitative estimate of drug-likeness (QED) is 0.568. The summed E-state index contributed by atoms with van der Waals surface area (Å²) in [6.07, 6.45) is 3.30. The second-order valence-electron chi connectivity index (χ2n) is 6.02. The van der Waals surface area contributed by atoms with Crippen LogP contribution < -0.4 is 4.90 Å². The van der Waals surface area contributed by atoms with Gasteiger partial charge in [-0.1, -0.05) is 48.5 Å². The molecule has 2 aromatic heterocycles. The van der Waals surface area contributed by atoms with Gasteiger partial charge in [-0.05, 0) is 24.3 Å². The molecule has 0 saturated heterocycles. The second-order valence-corrected chi connectivity index (χ2v) is 6.02. The maximum absolute atomic E-state index is 10.4. The number of pyridine rings is 1. The van der Waals surface area contributed by atoms with Crippen LogP contribution in [0.3, 0.4) is 0 Å². The largest absolute Gasteiger partial charge is 0.506 e. The van der Waals surface area contributed by atoms with Crippen LogP contribution >= 0.6 is 0 Å². The van der Waals surface area contributed by atoms with E-state index < -0.39 is 0 Å². The zero-order valence-corrected chi connectivity index (χ0v) is 14.6. The molecule has 5 heteroatoms. The van der Waals surface area contributed by atoms with Crippen molar-refractivity contribution in [1.82, 2.24) is 15.0 Å². The minimum atomic E-state index is 0.188. The summed E-state index contributed by atoms with van der Waals surface area (Å²) in [7, 11) is 0. The van der Waals surface area contributed by atoms with Crippen LogP contribution in [0.25, 0.3) is 11.3 Å². The molecule has 0 aliphatic rings. The fourth-order valence-electron chi connectivity index (χ4n) is 2.90. The number of hydrogen-bond donors (Lipinski definition) is 1. The summed E-state index contributed by atoms with van der Waals surface area (Å²) in [5.41, 5.74) is 3.37. The third-order valence-electron chi connectivity index (χ3n) is 4.22. The molecule has 0 fully saturated rings. The molecular formula is C22H18N4O. The van der Waals surface area contributed by atoms with Gasteiger partial charge in [0.1, 0.15) is 17.9 Å². The minimum Gasteiger partial charge on any atom is -0.506 e. The number of para-hydroxylation sites is 2. The van der Waals surface area contributed by atoms with Gasteiger partial charge in [0.05, 0.1) is 23.6 Å². The topological polar surface area (TPSA) is 62.1 Å². The van der Waals surface area contributed by atoms with Crippen molar-refractivity contribution in [2.45, 2.75) is 6.54 Å². The van der Waals surface area contributed by atoms with Crippen LogP contribution in [0.1, 0.15) is 5.69 Å². The highest BCUT2D eigenvalue weighted by Gasteiger charge is 2.16. The number of rotatable bonds is 5. The van der Waals surface area contributed by atoms with Crippen molar-refractivity contribution in [3.63, 3.8) is 0 Å². The maximum Gasteiger partial charge on any atom is 0.139 e. The predicted molar refractivity (Wildman–Crippen MR) is 106 cm³/mol. The van der Waals surface area contributed by atoms with E-state index in [9.17, 15) is 5.11 Å². The Labute approximate surface area is 157 Å². The molecule has 0 aliphatic carbocycles. The van der Waals surface area contributed by atoms with Crippen molar-refractivity contribution >= 4 is 11.5 Å². The number of anilines is 2. The first-order chi connectivity index (χ1) is 13.3. The average molecular weight is 354 g/mol. The van der Waals surface area contributed by atoms with Crippen LogP contribution in [-0.2, 0) is 6.54 Å². The summed E-state index contributed by atoms with van der Waals surface area (Å²) >= 11 is 0. The molecule has 0 unspecified atom stereocenters. The number of phenolic OH excluding ortho intramolecular Hbond substituents is 1. The first-order valence-electron chi connectivity index (χ1n) is 8.64. The van der Waals surface area contributed by atoms with Crippen LogP contribution in [0, 0.1) is 0 Å². The third kappa shape index (κ3) is 3.77. The van der Waals surface area contributed by atoms with Crippen LogP contribution in [0.2, 0.25) is 0 Å². The second kappa shape index (κ2) is 7.66. The van der Waals surface area contributed by atoms with Gasteiger partial charge < -0.3 is 10.0 Å². The SMILES string of the molecule is Oc1ccccc1N(Cc1ccccn1)c1cc(-c2ccccc2)ncn1. The van der Waals surface area contributed by atoms with Gasteiger partial charge in [0.2, 0.25) is 0 Å². The highest BCUT2D eigenvalue weighted by molar-refractivity contribution is 5.70. The van der Waals surface area contributed by atoms with Crippen LogP contribution in [0.5, 0.6) is 5.75 Å². The van der Waals surface area contributed by atoms with Gasteiger partial charge in [-0.2, -0.15) is 0 Å². The summed E-state index contributed by atoms with van der Waals surface area (Å²) in [6.45, 7) is 0.476. The molecule has 0 radical (unpaired) electrons. The van der Waals surface area contributed by atoms with Crippen molar-refractivity contribution in [2.75, 3.05) is 4.90 Å². The number of aromatic hydroxyl groups is 1. The summed E-state index contributed by atoms with van der Waals surface area (Å²) in [5, 5.41) is 10.4. The Hall–Kier alpha value is -3.73. The van der Waals surface area contributed by atoms with E-state index in [-0.39, 0.29) is 5.75 Å². The lowest BCUT2D eigenvalue weighted by atomic mass is 10.1. The highest BCUT2D eigenvalue weighted by atomic mass is 16.3. The summed E-state index contributed by atoms with van der Waals surface area (Å²) in [4.78, 5) is 15.2. The Morgan fingerprint density at radius 2 is 1.56 bits per heavy atom. The van der Waals surface area contributed by atoms with Gasteiger partial charge >= 0.3 is 0 Å². The van der Waals surface area contributed by atoms with Crippen LogP contribution in [0.15, 0.2) is 91.4 Å². The number of aromatic nitrogens is 3.